The molecule has 2 rings (SSSR count). The van der Waals surface area contributed by atoms with Crippen LogP contribution in [0.2, 0.25) is 5.02 Å². The second-order valence-electron chi connectivity index (χ2n) is 5.46. The number of aryl methyl sites for hydroxylation is 1. The van der Waals surface area contributed by atoms with Gasteiger partial charge in [-0.25, -0.2) is 0 Å². The summed E-state index contributed by atoms with van der Waals surface area (Å²) in [6.07, 6.45) is 0.742. The Morgan fingerprint density at radius 3 is 2.61 bits per heavy atom. The van der Waals surface area contributed by atoms with Crippen molar-refractivity contribution in [3.8, 4) is 5.75 Å². The number of benzene rings is 2. The Hall–Kier alpha value is -2.20. The van der Waals surface area contributed by atoms with Crippen molar-refractivity contribution in [2.75, 3.05) is 25.9 Å². The molecule has 0 aliphatic carbocycles. The summed E-state index contributed by atoms with van der Waals surface area (Å²) in [5, 5.41) is 0.681. The number of nitrogen functional groups attached to an aromatic ring is 1. The first-order chi connectivity index (χ1) is 11.0. The highest BCUT2D eigenvalue weighted by atomic mass is 35.5. The molecule has 122 valence electrons. The third-order valence-electron chi connectivity index (χ3n) is 3.56. The van der Waals surface area contributed by atoms with Gasteiger partial charge in [-0.2, -0.15) is 0 Å². The number of nitrogens with zero attached hydrogens (tertiary/aromatic N) is 1. The Morgan fingerprint density at radius 2 is 1.91 bits per heavy atom. The Balaban J connectivity index is 1.82. The van der Waals surface area contributed by atoms with Crippen LogP contribution in [0.4, 0.5) is 5.69 Å². The van der Waals surface area contributed by atoms with E-state index in [0.717, 1.165) is 17.7 Å². The number of carbonyl (C=O) groups excluding carboxylic acids is 1. The number of halogens is 1. The maximum absolute atomic E-state index is 12.4. The van der Waals surface area contributed by atoms with Gasteiger partial charge in [0.25, 0.3) is 5.91 Å². The number of ether oxygens (including phenoxy) is 1. The molecule has 1 amide bonds. The van der Waals surface area contributed by atoms with Crippen molar-refractivity contribution in [1.82, 2.24) is 4.90 Å². The molecule has 0 fully saturated rings. The maximum atomic E-state index is 12.4. The van der Waals surface area contributed by atoms with Gasteiger partial charge in [0, 0.05) is 29.9 Å². The molecule has 0 aliphatic rings. The minimum atomic E-state index is -0.0266. The van der Waals surface area contributed by atoms with Gasteiger partial charge in [-0.1, -0.05) is 17.7 Å². The van der Waals surface area contributed by atoms with Crippen LogP contribution >= 0.6 is 11.6 Å². The third-order valence-corrected chi connectivity index (χ3v) is 3.81. The molecule has 0 spiro atoms. The molecular weight excluding hydrogens is 312 g/mol. The molecule has 0 saturated heterocycles. The fourth-order valence-electron chi connectivity index (χ4n) is 2.20. The smallest absolute Gasteiger partial charge is 0.253 e. The first-order valence-electron chi connectivity index (χ1n) is 7.47. The number of hydrogen-bond acceptors (Lipinski definition) is 3. The second-order valence-corrected chi connectivity index (χ2v) is 5.89. The molecule has 2 N–H and O–H groups in total. The van der Waals surface area contributed by atoms with Crippen molar-refractivity contribution in [2.24, 2.45) is 0 Å². The Labute approximate surface area is 141 Å². The monoisotopic (exact) mass is 332 g/mol. The zero-order valence-electron chi connectivity index (χ0n) is 13.4. The Kier molecular flexibility index (Phi) is 5.88. The molecule has 2 aromatic carbocycles. The third kappa shape index (κ3) is 4.89. The fourth-order valence-corrected chi connectivity index (χ4v) is 2.33. The van der Waals surface area contributed by atoms with E-state index in [2.05, 4.69) is 0 Å². The molecule has 0 atom stereocenters. The van der Waals surface area contributed by atoms with Gasteiger partial charge in [-0.05, 0) is 55.3 Å². The average Bonchev–Trinajstić information content (AvgIpc) is 2.54. The predicted octanol–water partition coefficient (Wildman–Crippen LogP) is 3.77. The van der Waals surface area contributed by atoms with Crippen molar-refractivity contribution >= 4 is 23.2 Å². The van der Waals surface area contributed by atoms with Gasteiger partial charge >= 0.3 is 0 Å². The van der Waals surface area contributed by atoms with Crippen LogP contribution in [-0.4, -0.2) is 31.0 Å². The minimum Gasteiger partial charge on any atom is -0.494 e. The van der Waals surface area contributed by atoms with E-state index in [1.54, 1.807) is 36.2 Å². The number of rotatable bonds is 6. The fraction of sp³-hybridized carbons (Fsp3) is 0.278. The molecular formula is C18H21ClN2O2. The topological polar surface area (TPSA) is 55.6 Å². The Bertz CT molecular complexity index is 671. The molecule has 4 nitrogen and oxygen atoms in total. The number of carbonyl (C=O) groups is 1. The lowest BCUT2D eigenvalue weighted by molar-refractivity contribution is 0.0787. The molecule has 0 saturated carbocycles. The lowest BCUT2D eigenvalue weighted by Crippen LogP contribution is -2.29. The lowest BCUT2D eigenvalue weighted by Gasteiger charge is -2.18. The summed E-state index contributed by atoms with van der Waals surface area (Å²) in [7, 11) is 1.78. The average molecular weight is 333 g/mol. The van der Waals surface area contributed by atoms with Crippen LogP contribution in [0.5, 0.6) is 5.75 Å². The number of nitrogens with two attached hydrogens (primary N) is 1. The van der Waals surface area contributed by atoms with E-state index in [4.69, 9.17) is 22.1 Å². The van der Waals surface area contributed by atoms with Gasteiger partial charge in [-0.15, -0.1) is 0 Å². The van der Waals surface area contributed by atoms with Gasteiger partial charge in [0.05, 0.1) is 6.61 Å². The van der Waals surface area contributed by atoms with Crippen LogP contribution in [0, 0.1) is 6.92 Å². The van der Waals surface area contributed by atoms with Crippen LogP contribution in [0.1, 0.15) is 22.3 Å². The van der Waals surface area contributed by atoms with Crippen LogP contribution < -0.4 is 10.5 Å². The standard InChI is InChI=1S/C18H21ClN2O2/c1-13-4-7-15(20)12-17(13)18(22)21(2)10-3-11-23-16-8-5-14(19)6-9-16/h4-9,12H,3,10-11,20H2,1-2H3. The number of amides is 1. The molecule has 2 aromatic rings. The lowest BCUT2D eigenvalue weighted by atomic mass is 10.1. The summed E-state index contributed by atoms with van der Waals surface area (Å²) in [4.78, 5) is 14.1. The summed E-state index contributed by atoms with van der Waals surface area (Å²) in [5.74, 6) is 0.747. The Morgan fingerprint density at radius 1 is 1.22 bits per heavy atom. The van der Waals surface area contributed by atoms with Gasteiger partial charge in [0.2, 0.25) is 0 Å². The summed E-state index contributed by atoms with van der Waals surface area (Å²) >= 11 is 5.82. The highest BCUT2D eigenvalue weighted by molar-refractivity contribution is 6.30. The highest BCUT2D eigenvalue weighted by Gasteiger charge is 2.14. The molecule has 23 heavy (non-hydrogen) atoms. The van der Waals surface area contributed by atoms with Gasteiger partial charge in [0.15, 0.2) is 0 Å². The van der Waals surface area contributed by atoms with Gasteiger partial charge < -0.3 is 15.4 Å². The minimum absolute atomic E-state index is 0.0266. The maximum Gasteiger partial charge on any atom is 0.253 e. The van der Waals surface area contributed by atoms with E-state index in [1.807, 2.05) is 25.1 Å². The summed E-state index contributed by atoms with van der Waals surface area (Å²) in [5.41, 5.74) is 7.93. The van der Waals surface area contributed by atoms with Crippen molar-refractivity contribution in [1.29, 1.82) is 0 Å². The van der Waals surface area contributed by atoms with Gasteiger partial charge in [-0.3, -0.25) is 4.79 Å². The van der Waals surface area contributed by atoms with Crippen LogP contribution in [0.3, 0.4) is 0 Å². The van der Waals surface area contributed by atoms with Crippen LogP contribution in [-0.2, 0) is 0 Å². The zero-order chi connectivity index (χ0) is 16.8. The summed E-state index contributed by atoms with van der Waals surface area (Å²) < 4.78 is 5.62. The quantitative estimate of drug-likeness (QED) is 0.647. The van der Waals surface area contributed by atoms with E-state index in [9.17, 15) is 4.79 Å². The molecule has 0 bridgehead atoms. The zero-order valence-corrected chi connectivity index (χ0v) is 14.1. The van der Waals surface area contributed by atoms with E-state index >= 15 is 0 Å². The van der Waals surface area contributed by atoms with Crippen molar-refractivity contribution in [3.63, 3.8) is 0 Å². The van der Waals surface area contributed by atoms with Crippen molar-refractivity contribution in [3.05, 3.63) is 58.6 Å². The highest BCUT2D eigenvalue weighted by Crippen LogP contribution is 2.16. The SMILES string of the molecule is Cc1ccc(N)cc1C(=O)N(C)CCCOc1ccc(Cl)cc1. The molecule has 0 heterocycles. The normalized spacial score (nSPS) is 10.4. The molecule has 0 aliphatic heterocycles. The number of anilines is 1. The molecule has 0 radical (unpaired) electrons. The molecule has 0 aromatic heterocycles. The molecule has 5 heteroatoms. The van der Waals surface area contributed by atoms with E-state index in [-0.39, 0.29) is 5.91 Å². The number of hydrogen-bond donors (Lipinski definition) is 1. The van der Waals surface area contributed by atoms with E-state index < -0.39 is 0 Å². The molecule has 0 unspecified atom stereocenters. The van der Waals surface area contributed by atoms with E-state index in [0.29, 0.717) is 29.4 Å². The van der Waals surface area contributed by atoms with Crippen molar-refractivity contribution < 1.29 is 9.53 Å². The van der Waals surface area contributed by atoms with Gasteiger partial charge in [0.1, 0.15) is 5.75 Å². The summed E-state index contributed by atoms with van der Waals surface area (Å²) in [6.45, 7) is 3.06. The predicted molar refractivity (Wildman–Crippen MR) is 94.1 cm³/mol. The van der Waals surface area contributed by atoms with Crippen molar-refractivity contribution in [2.45, 2.75) is 13.3 Å². The largest absolute Gasteiger partial charge is 0.494 e. The first-order valence-corrected chi connectivity index (χ1v) is 7.85. The van der Waals surface area contributed by atoms with Crippen LogP contribution in [0.15, 0.2) is 42.5 Å². The van der Waals surface area contributed by atoms with Crippen LogP contribution in [0.25, 0.3) is 0 Å². The van der Waals surface area contributed by atoms with E-state index in [1.165, 1.54) is 0 Å². The summed E-state index contributed by atoms with van der Waals surface area (Å²) in [6, 6.07) is 12.6. The second kappa shape index (κ2) is 7.88. The first kappa shape index (κ1) is 17.2.